The minimum Gasteiger partial charge on any atom is -0.395 e. The van der Waals surface area contributed by atoms with Crippen LogP contribution in [-0.4, -0.2) is 37.5 Å². The lowest BCUT2D eigenvalue weighted by atomic mass is 9.87. The van der Waals surface area contributed by atoms with Crippen LogP contribution >= 0.6 is 0 Å². The van der Waals surface area contributed by atoms with Crippen molar-refractivity contribution in [1.29, 1.82) is 0 Å². The molecule has 0 saturated carbocycles. The number of rotatable bonds is 4. The molecule has 0 spiro atoms. The maximum absolute atomic E-state index is 12.6. The maximum atomic E-state index is 12.6. The van der Waals surface area contributed by atoms with Gasteiger partial charge in [-0.2, -0.15) is 4.31 Å². The Balaban J connectivity index is 3.39. The molecule has 0 radical (unpaired) electrons. The molecule has 0 bridgehead atoms. The number of benzene rings is 1. The number of aliphatic hydroxyl groups is 1. The van der Waals surface area contributed by atoms with Gasteiger partial charge in [0, 0.05) is 13.1 Å². The molecule has 0 aliphatic rings. The van der Waals surface area contributed by atoms with E-state index in [-0.39, 0.29) is 12.0 Å². The Morgan fingerprint density at radius 2 is 1.85 bits per heavy atom. The predicted octanol–water partition coefficient (Wildman–Crippen LogP) is 2.29. The van der Waals surface area contributed by atoms with Crippen LogP contribution < -0.4 is 0 Å². The molecule has 0 aromatic heterocycles. The number of sulfonamides is 1. The molecule has 4 nitrogen and oxygen atoms in total. The monoisotopic (exact) mass is 299 g/mol. The van der Waals surface area contributed by atoms with Crippen molar-refractivity contribution < 1.29 is 13.5 Å². The fraction of sp³-hybridized carbons (Fsp3) is 0.600. The Morgan fingerprint density at radius 1 is 1.30 bits per heavy atom. The molecule has 0 fully saturated rings. The zero-order valence-electron chi connectivity index (χ0n) is 13.1. The van der Waals surface area contributed by atoms with E-state index in [9.17, 15) is 8.42 Å². The first-order chi connectivity index (χ1) is 9.01. The van der Waals surface area contributed by atoms with Crippen molar-refractivity contribution >= 4 is 10.0 Å². The lowest BCUT2D eigenvalue weighted by molar-refractivity contribution is 0.214. The molecule has 0 heterocycles. The minimum atomic E-state index is -3.59. The van der Waals surface area contributed by atoms with Gasteiger partial charge in [-0.25, -0.2) is 8.42 Å². The zero-order chi connectivity index (χ0) is 15.7. The molecule has 114 valence electrons. The first kappa shape index (κ1) is 17.1. The van der Waals surface area contributed by atoms with Crippen LogP contribution in [0.25, 0.3) is 0 Å². The second-order valence-electron chi connectivity index (χ2n) is 6.28. The summed E-state index contributed by atoms with van der Waals surface area (Å²) in [6.45, 7) is 9.42. The third-order valence-electron chi connectivity index (χ3n) is 3.60. The highest BCUT2D eigenvalue weighted by molar-refractivity contribution is 7.89. The highest BCUT2D eigenvalue weighted by Crippen LogP contribution is 2.28. The van der Waals surface area contributed by atoms with Crippen LogP contribution in [0.15, 0.2) is 23.1 Å². The lowest BCUT2D eigenvalue weighted by Crippen LogP contribution is -2.37. The summed E-state index contributed by atoms with van der Waals surface area (Å²) in [6, 6.07) is 5.10. The van der Waals surface area contributed by atoms with Crippen LogP contribution in [0.2, 0.25) is 0 Å². The summed E-state index contributed by atoms with van der Waals surface area (Å²) in [5.74, 6) is 0. The number of aliphatic hydroxyl groups excluding tert-OH is 1. The second-order valence-corrected chi connectivity index (χ2v) is 8.25. The molecule has 1 atom stereocenters. The average Bonchev–Trinajstić information content (AvgIpc) is 2.35. The molecule has 0 amide bonds. The second kappa shape index (κ2) is 5.84. The molecule has 20 heavy (non-hydrogen) atoms. The van der Waals surface area contributed by atoms with Gasteiger partial charge in [0.05, 0.1) is 11.5 Å². The summed E-state index contributed by atoms with van der Waals surface area (Å²) < 4.78 is 26.5. The van der Waals surface area contributed by atoms with E-state index in [0.29, 0.717) is 4.90 Å². The summed E-state index contributed by atoms with van der Waals surface area (Å²) in [6.07, 6.45) is 0. The van der Waals surface area contributed by atoms with Gasteiger partial charge >= 0.3 is 0 Å². The summed E-state index contributed by atoms with van der Waals surface area (Å²) in [5, 5.41) is 9.16. The van der Waals surface area contributed by atoms with Gasteiger partial charge in [-0.15, -0.1) is 0 Å². The highest BCUT2D eigenvalue weighted by Gasteiger charge is 2.28. The fourth-order valence-corrected chi connectivity index (χ4v) is 3.45. The van der Waals surface area contributed by atoms with Gasteiger partial charge in [0.25, 0.3) is 0 Å². The molecule has 1 aromatic rings. The maximum Gasteiger partial charge on any atom is 0.243 e. The van der Waals surface area contributed by atoms with Gasteiger partial charge in [-0.1, -0.05) is 32.9 Å². The van der Waals surface area contributed by atoms with Crippen LogP contribution in [0.1, 0.15) is 38.8 Å². The zero-order valence-corrected chi connectivity index (χ0v) is 14.0. The standard InChI is InChI=1S/C15H25NO3S/c1-11-7-8-13(15(3,4)5)9-14(11)20(18,19)16(6)12(2)10-17/h7-9,12,17H,10H2,1-6H3. The third-order valence-corrected chi connectivity index (χ3v) is 5.71. The van der Waals surface area contributed by atoms with E-state index in [0.717, 1.165) is 11.1 Å². The molecule has 1 aromatic carbocycles. The Bertz CT molecular complexity index is 573. The largest absolute Gasteiger partial charge is 0.395 e. The Kier molecular flexibility index (Phi) is 5.00. The quantitative estimate of drug-likeness (QED) is 0.928. The molecule has 0 aliphatic heterocycles. The first-order valence-corrected chi connectivity index (χ1v) is 8.16. The van der Waals surface area contributed by atoms with Crippen molar-refractivity contribution in [2.75, 3.05) is 13.7 Å². The van der Waals surface area contributed by atoms with Crippen LogP contribution in [0.3, 0.4) is 0 Å². The van der Waals surface area contributed by atoms with Gasteiger partial charge in [-0.3, -0.25) is 0 Å². The smallest absolute Gasteiger partial charge is 0.243 e. The van der Waals surface area contributed by atoms with E-state index in [1.165, 1.54) is 11.4 Å². The molecule has 1 unspecified atom stereocenters. The number of hydrogen-bond acceptors (Lipinski definition) is 3. The van der Waals surface area contributed by atoms with Gasteiger partial charge in [0.15, 0.2) is 0 Å². The molecular weight excluding hydrogens is 274 g/mol. The SMILES string of the molecule is Cc1ccc(C(C)(C)C)cc1S(=O)(=O)N(C)C(C)CO. The minimum absolute atomic E-state index is 0.112. The van der Waals surface area contributed by atoms with E-state index in [4.69, 9.17) is 5.11 Å². The Labute approximate surface area is 122 Å². The van der Waals surface area contributed by atoms with E-state index in [1.807, 2.05) is 32.9 Å². The summed E-state index contributed by atoms with van der Waals surface area (Å²) in [5.41, 5.74) is 1.58. The normalized spacial score (nSPS) is 14.6. The first-order valence-electron chi connectivity index (χ1n) is 6.72. The van der Waals surface area contributed by atoms with Crippen molar-refractivity contribution in [1.82, 2.24) is 4.31 Å². The Morgan fingerprint density at radius 3 is 2.30 bits per heavy atom. The topological polar surface area (TPSA) is 57.6 Å². The summed E-state index contributed by atoms with van der Waals surface area (Å²) in [7, 11) is -2.09. The number of aryl methyl sites for hydroxylation is 1. The number of hydrogen-bond donors (Lipinski definition) is 1. The van der Waals surface area contributed by atoms with Gasteiger partial charge in [0.1, 0.15) is 0 Å². The molecule has 0 saturated heterocycles. The van der Waals surface area contributed by atoms with Crippen LogP contribution in [0.5, 0.6) is 0 Å². The van der Waals surface area contributed by atoms with Crippen molar-refractivity contribution in [3.8, 4) is 0 Å². The summed E-state index contributed by atoms with van der Waals surface area (Å²) in [4.78, 5) is 0.313. The fourth-order valence-electron chi connectivity index (χ4n) is 1.85. The predicted molar refractivity (Wildman–Crippen MR) is 81.4 cm³/mol. The number of nitrogens with zero attached hydrogens (tertiary/aromatic N) is 1. The average molecular weight is 299 g/mol. The molecular formula is C15H25NO3S. The third kappa shape index (κ3) is 3.40. The molecule has 1 rings (SSSR count). The van der Waals surface area contributed by atoms with Crippen molar-refractivity contribution in [2.45, 2.75) is 51.0 Å². The molecule has 0 aliphatic carbocycles. The number of likely N-dealkylation sites (N-methyl/N-ethyl adjacent to an activating group) is 1. The van der Waals surface area contributed by atoms with E-state index in [1.54, 1.807) is 19.9 Å². The van der Waals surface area contributed by atoms with Crippen LogP contribution in [-0.2, 0) is 15.4 Å². The van der Waals surface area contributed by atoms with Gasteiger partial charge in [-0.05, 0) is 36.5 Å². The molecule has 1 N–H and O–H groups in total. The summed E-state index contributed by atoms with van der Waals surface area (Å²) >= 11 is 0. The van der Waals surface area contributed by atoms with Crippen molar-refractivity contribution in [3.63, 3.8) is 0 Å². The van der Waals surface area contributed by atoms with Crippen LogP contribution in [0, 0.1) is 6.92 Å². The van der Waals surface area contributed by atoms with E-state index < -0.39 is 16.1 Å². The lowest BCUT2D eigenvalue weighted by Gasteiger charge is -2.25. The highest BCUT2D eigenvalue weighted by atomic mass is 32.2. The van der Waals surface area contributed by atoms with Crippen molar-refractivity contribution in [2.24, 2.45) is 0 Å². The van der Waals surface area contributed by atoms with Gasteiger partial charge in [0.2, 0.25) is 10.0 Å². The van der Waals surface area contributed by atoms with E-state index in [2.05, 4.69) is 0 Å². The Hall–Kier alpha value is -0.910. The molecule has 5 heteroatoms. The van der Waals surface area contributed by atoms with Crippen molar-refractivity contribution in [3.05, 3.63) is 29.3 Å². The van der Waals surface area contributed by atoms with E-state index >= 15 is 0 Å². The van der Waals surface area contributed by atoms with Gasteiger partial charge < -0.3 is 5.11 Å². The van der Waals surface area contributed by atoms with Crippen LogP contribution in [0.4, 0.5) is 0 Å².